The largest absolute Gasteiger partial charge is 0.198 e. The van der Waals surface area contributed by atoms with Crippen molar-refractivity contribution in [3.63, 3.8) is 0 Å². The van der Waals surface area contributed by atoms with Gasteiger partial charge in [0.15, 0.2) is 0 Å². The lowest BCUT2D eigenvalue weighted by Crippen LogP contribution is -2.49. The van der Waals surface area contributed by atoms with Crippen molar-refractivity contribution in [1.29, 1.82) is 5.26 Å². The van der Waals surface area contributed by atoms with Crippen LogP contribution in [0.1, 0.15) is 117 Å². The van der Waals surface area contributed by atoms with Crippen LogP contribution < -0.4 is 0 Å². The lowest BCUT2D eigenvalue weighted by atomic mass is 9.48. The Hall–Kier alpha value is -0.510. The van der Waals surface area contributed by atoms with Gasteiger partial charge < -0.3 is 0 Å². The molecule has 6 unspecified atom stereocenters. The van der Waals surface area contributed by atoms with Crippen molar-refractivity contribution in [2.45, 2.75) is 117 Å². The number of unbranched alkanes of at least 4 members (excludes halogenated alkanes) is 2. The van der Waals surface area contributed by atoms with Gasteiger partial charge in [0, 0.05) is 0 Å². The molecule has 1 heteroatoms. The lowest BCUT2D eigenvalue weighted by molar-refractivity contribution is -0.0717. The molecule has 0 heterocycles. The van der Waals surface area contributed by atoms with Crippen LogP contribution in [0, 0.1) is 58.2 Å². The predicted octanol–water partition coefficient (Wildman–Crippen LogP) is 8.15. The summed E-state index contributed by atoms with van der Waals surface area (Å²) in [5.74, 6) is 7.11. The highest BCUT2D eigenvalue weighted by Gasteiger charge is 2.52. The maximum absolute atomic E-state index is 10.0. The molecule has 4 aliphatic carbocycles. The Morgan fingerprint density at radius 2 is 1.54 bits per heavy atom. The molecule has 28 heavy (non-hydrogen) atoms. The smallest absolute Gasteiger partial charge is 0.0689 e. The second kappa shape index (κ2) is 9.10. The van der Waals surface area contributed by atoms with Crippen LogP contribution in [0.4, 0.5) is 0 Å². The zero-order valence-electron chi connectivity index (χ0n) is 18.8. The average Bonchev–Trinajstić information content (AvgIpc) is 2.73. The normalized spacial score (nSPS) is 45.4. The predicted molar refractivity (Wildman–Crippen MR) is 118 cm³/mol. The van der Waals surface area contributed by atoms with Gasteiger partial charge in [-0.05, 0) is 99.2 Å². The fourth-order valence-electron chi connectivity index (χ4n) is 8.80. The average molecular weight is 384 g/mol. The first-order valence-corrected chi connectivity index (χ1v) is 13.1. The van der Waals surface area contributed by atoms with Gasteiger partial charge in [-0.3, -0.25) is 0 Å². The van der Waals surface area contributed by atoms with E-state index in [0.29, 0.717) is 0 Å². The minimum absolute atomic E-state index is 0.0391. The second-order valence-electron chi connectivity index (χ2n) is 11.3. The van der Waals surface area contributed by atoms with E-state index in [9.17, 15) is 5.26 Å². The van der Waals surface area contributed by atoms with Crippen molar-refractivity contribution in [1.82, 2.24) is 0 Å². The number of hydrogen-bond acceptors (Lipinski definition) is 1. The van der Waals surface area contributed by atoms with Crippen molar-refractivity contribution in [3.05, 3.63) is 0 Å². The Kier molecular flexibility index (Phi) is 6.74. The van der Waals surface area contributed by atoms with Crippen LogP contribution >= 0.6 is 0 Å². The van der Waals surface area contributed by atoms with Gasteiger partial charge in [-0.1, -0.05) is 58.8 Å². The van der Waals surface area contributed by atoms with Crippen LogP contribution in [0.15, 0.2) is 0 Å². The van der Waals surface area contributed by atoms with E-state index in [1.165, 1.54) is 89.9 Å². The number of hydrogen-bond donors (Lipinski definition) is 0. The quantitative estimate of drug-likeness (QED) is 0.424. The Bertz CT molecular complexity index is 545. The van der Waals surface area contributed by atoms with Gasteiger partial charge >= 0.3 is 0 Å². The topological polar surface area (TPSA) is 23.8 Å². The molecular weight excluding hydrogens is 338 g/mol. The highest BCUT2D eigenvalue weighted by molar-refractivity contribution is 5.07. The molecule has 4 rings (SSSR count). The van der Waals surface area contributed by atoms with E-state index in [1.807, 2.05) is 0 Å². The Morgan fingerprint density at radius 1 is 0.786 bits per heavy atom. The first-order valence-electron chi connectivity index (χ1n) is 13.1. The lowest BCUT2D eigenvalue weighted by Gasteiger charge is -2.57. The van der Waals surface area contributed by atoms with Crippen LogP contribution in [0.25, 0.3) is 0 Å². The van der Waals surface area contributed by atoms with Crippen LogP contribution in [-0.2, 0) is 0 Å². The SMILES string of the molecule is CCCCC[C@]1(C#N)CCC2C(CCC3C2CCC2C3CCC[C@@H]2CCC)C1. The Balaban J connectivity index is 1.42. The van der Waals surface area contributed by atoms with Crippen molar-refractivity contribution in [3.8, 4) is 6.07 Å². The summed E-state index contributed by atoms with van der Waals surface area (Å²) in [6, 6.07) is 2.85. The van der Waals surface area contributed by atoms with Crippen LogP contribution in [-0.4, -0.2) is 0 Å². The number of nitriles is 1. The maximum atomic E-state index is 10.0. The van der Waals surface area contributed by atoms with Crippen LogP contribution in [0.5, 0.6) is 0 Å². The van der Waals surface area contributed by atoms with Gasteiger partial charge in [0.25, 0.3) is 0 Å². The van der Waals surface area contributed by atoms with E-state index >= 15 is 0 Å². The van der Waals surface area contributed by atoms with E-state index in [-0.39, 0.29) is 5.41 Å². The molecule has 4 aliphatic rings. The highest BCUT2D eigenvalue weighted by Crippen LogP contribution is 2.60. The maximum Gasteiger partial charge on any atom is 0.0689 e. The molecule has 4 saturated carbocycles. The fourth-order valence-corrected chi connectivity index (χ4v) is 8.80. The summed E-state index contributed by atoms with van der Waals surface area (Å²) in [6.45, 7) is 4.67. The summed E-state index contributed by atoms with van der Waals surface area (Å²) in [7, 11) is 0. The zero-order chi connectivity index (χ0) is 19.6. The molecule has 0 N–H and O–H groups in total. The first-order chi connectivity index (χ1) is 13.7. The molecule has 8 atom stereocenters. The Morgan fingerprint density at radius 3 is 2.32 bits per heavy atom. The van der Waals surface area contributed by atoms with Crippen molar-refractivity contribution in [2.24, 2.45) is 46.8 Å². The molecule has 0 aromatic heterocycles. The first kappa shape index (κ1) is 20.8. The highest BCUT2D eigenvalue weighted by atomic mass is 14.6. The molecule has 0 aromatic carbocycles. The summed E-state index contributed by atoms with van der Waals surface area (Å²) in [5, 5.41) is 10.0. The third-order valence-corrected chi connectivity index (χ3v) is 9.99. The third kappa shape index (κ3) is 3.91. The van der Waals surface area contributed by atoms with E-state index in [4.69, 9.17) is 0 Å². The van der Waals surface area contributed by atoms with Crippen LogP contribution in [0.2, 0.25) is 0 Å². The molecule has 0 aliphatic heterocycles. The van der Waals surface area contributed by atoms with E-state index in [2.05, 4.69) is 19.9 Å². The number of rotatable bonds is 6. The van der Waals surface area contributed by atoms with E-state index < -0.39 is 0 Å². The fraction of sp³-hybridized carbons (Fsp3) is 0.963. The van der Waals surface area contributed by atoms with Gasteiger partial charge in [0.1, 0.15) is 0 Å². The summed E-state index contributed by atoms with van der Waals surface area (Å²) < 4.78 is 0. The molecular formula is C27H45N. The summed E-state index contributed by atoms with van der Waals surface area (Å²) in [5.41, 5.74) is 0.0391. The standard InChI is InChI=1S/C27H45N/c1-3-5-6-16-27(19-28)17-15-23-21(18-27)11-12-26-24-10-7-9-20(8-4-2)22(24)13-14-25(23)26/h20-26H,3-18H2,1-2H3/t20-,21?,22?,23?,24?,25?,26?,27-/m0/s1. The minimum atomic E-state index is 0.0391. The van der Waals surface area contributed by atoms with Crippen molar-refractivity contribution >= 4 is 0 Å². The molecule has 0 amide bonds. The monoisotopic (exact) mass is 383 g/mol. The van der Waals surface area contributed by atoms with Crippen molar-refractivity contribution < 1.29 is 0 Å². The third-order valence-electron chi connectivity index (χ3n) is 9.99. The summed E-state index contributed by atoms with van der Waals surface area (Å²) in [4.78, 5) is 0. The Labute approximate surface area is 175 Å². The van der Waals surface area contributed by atoms with Gasteiger partial charge in [0.2, 0.25) is 0 Å². The van der Waals surface area contributed by atoms with E-state index in [1.54, 1.807) is 12.8 Å². The summed E-state index contributed by atoms with van der Waals surface area (Å²) in [6.07, 6.45) is 22.4. The van der Waals surface area contributed by atoms with Crippen LogP contribution in [0.3, 0.4) is 0 Å². The minimum Gasteiger partial charge on any atom is -0.198 e. The number of nitrogens with zero attached hydrogens (tertiary/aromatic N) is 1. The van der Waals surface area contributed by atoms with Gasteiger partial charge in [-0.15, -0.1) is 0 Å². The van der Waals surface area contributed by atoms with Gasteiger partial charge in [0.05, 0.1) is 11.5 Å². The second-order valence-corrected chi connectivity index (χ2v) is 11.3. The molecule has 0 aromatic rings. The number of fused-ring (bicyclic) bond motifs is 5. The molecule has 0 spiro atoms. The van der Waals surface area contributed by atoms with E-state index in [0.717, 1.165) is 41.4 Å². The van der Waals surface area contributed by atoms with Gasteiger partial charge in [-0.25, -0.2) is 0 Å². The zero-order valence-corrected chi connectivity index (χ0v) is 18.8. The molecule has 4 fully saturated rings. The van der Waals surface area contributed by atoms with Gasteiger partial charge in [-0.2, -0.15) is 5.26 Å². The molecule has 0 radical (unpaired) electrons. The summed E-state index contributed by atoms with van der Waals surface area (Å²) >= 11 is 0. The molecule has 0 bridgehead atoms. The molecule has 0 saturated heterocycles. The van der Waals surface area contributed by atoms with Crippen molar-refractivity contribution in [2.75, 3.05) is 0 Å². The molecule has 1 nitrogen and oxygen atoms in total. The molecule has 158 valence electrons.